The van der Waals surface area contributed by atoms with E-state index in [2.05, 4.69) is 19.2 Å². The Hall–Kier alpha value is -1.40. The van der Waals surface area contributed by atoms with Crippen molar-refractivity contribution < 1.29 is 13.2 Å². The van der Waals surface area contributed by atoms with Crippen molar-refractivity contribution in [3.05, 3.63) is 29.8 Å². The lowest BCUT2D eigenvalue weighted by molar-refractivity contribution is 0.0946. The Morgan fingerprint density at radius 3 is 2.16 bits per heavy atom. The van der Waals surface area contributed by atoms with Crippen LogP contribution in [0.5, 0.6) is 0 Å². The van der Waals surface area contributed by atoms with Crippen molar-refractivity contribution in [2.24, 2.45) is 11.1 Å². The van der Waals surface area contributed by atoms with Crippen LogP contribution >= 0.6 is 0 Å². The number of carbonyl (C=O) groups is 1. The first-order valence-corrected chi connectivity index (χ1v) is 7.84. The van der Waals surface area contributed by atoms with Crippen LogP contribution in [0, 0.1) is 5.92 Å². The van der Waals surface area contributed by atoms with Crippen LogP contribution in [0.3, 0.4) is 0 Å². The van der Waals surface area contributed by atoms with E-state index in [1.807, 2.05) is 0 Å². The van der Waals surface area contributed by atoms with E-state index < -0.39 is 10.0 Å². The van der Waals surface area contributed by atoms with Crippen molar-refractivity contribution in [1.82, 2.24) is 5.32 Å². The molecule has 0 bridgehead atoms. The molecule has 1 aromatic carbocycles. The van der Waals surface area contributed by atoms with Gasteiger partial charge in [0.25, 0.3) is 5.91 Å². The zero-order valence-corrected chi connectivity index (χ0v) is 12.0. The minimum atomic E-state index is -3.71. The summed E-state index contributed by atoms with van der Waals surface area (Å²) in [6.45, 7) is 4.80. The molecule has 1 rings (SSSR count). The van der Waals surface area contributed by atoms with Crippen molar-refractivity contribution in [3.63, 3.8) is 0 Å². The number of rotatable bonds is 6. The highest BCUT2D eigenvalue weighted by molar-refractivity contribution is 7.89. The van der Waals surface area contributed by atoms with Gasteiger partial charge in [-0.05, 0) is 30.2 Å². The molecule has 106 valence electrons. The molecule has 0 aliphatic rings. The number of nitrogens with one attached hydrogen (secondary N) is 1. The number of amides is 1. The van der Waals surface area contributed by atoms with Gasteiger partial charge in [0, 0.05) is 12.1 Å². The van der Waals surface area contributed by atoms with Gasteiger partial charge in [-0.15, -0.1) is 0 Å². The Labute approximate surface area is 114 Å². The molecule has 0 atom stereocenters. The average molecular weight is 284 g/mol. The summed E-state index contributed by atoms with van der Waals surface area (Å²) in [4.78, 5) is 11.9. The van der Waals surface area contributed by atoms with Crippen LogP contribution in [0.2, 0.25) is 0 Å². The molecule has 0 fully saturated rings. The number of carbonyl (C=O) groups excluding carboxylic acids is 1. The molecule has 0 heterocycles. The molecule has 5 nitrogen and oxygen atoms in total. The van der Waals surface area contributed by atoms with E-state index in [0.717, 1.165) is 12.8 Å². The number of primary sulfonamides is 1. The fraction of sp³-hybridized carbons (Fsp3) is 0.462. The number of sulfonamides is 1. The van der Waals surface area contributed by atoms with Crippen LogP contribution in [0.15, 0.2) is 29.2 Å². The van der Waals surface area contributed by atoms with Crippen LogP contribution in [0.25, 0.3) is 0 Å². The van der Waals surface area contributed by atoms with Crippen molar-refractivity contribution >= 4 is 15.9 Å². The Bertz CT molecular complexity index is 519. The second kappa shape index (κ2) is 6.68. The van der Waals surface area contributed by atoms with Gasteiger partial charge in [-0.3, -0.25) is 4.79 Å². The number of hydrogen-bond acceptors (Lipinski definition) is 3. The van der Waals surface area contributed by atoms with Gasteiger partial charge in [0.15, 0.2) is 0 Å². The molecule has 3 N–H and O–H groups in total. The zero-order valence-electron chi connectivity index (χ0n) is 11.2. The average Bonchev–Trinajstić information content (AvgIpc) is 2.39. The highest BCUT2D eigenvalue weighted by Crippen LogP contribution is 2.10. The Kier molecular flexibility index (Phi) is 5.50. The van der Waals surface area contributed by atoms with Gasteiger partial charge in [-0.1, -0.05) is 26.7 Å². The molecule has 0 aliphatic heterocycles. The van der Waals surface area contributed by atoms with Crippen molar-refractivity contribution in [1.29, 1.82) is 0 Å². The highest BCUT2D eigenvalue weighted by Gasteiger charge is 2.11. The largest absolute Gasteiger partial charge is 0.352 e. The quantitative estimate of drug-likeness (QED) is 0.829. The SMILES string of the molecule is CCC(CC)CNC(=O)c1ccc(S(N)(=O)=O)cc1. The first-order chi connectivity index (χ1) is 8.88. The number of benzene rings is 1. The van der Waals surface area contributed by atoms with E-state index in [-0.39, 0.29) is 10.8 Å². The summed E-state index contributed by atoms with van der Waals surface area (Å²) in [7, 11) is -3.71. The van der Waals surface area contributed by atoms with Gasteiger partial charge in [-0.2, -0.15) is 0 Å². The molecule has 0 aromatic heterocycles. The highest BCUT2D eigenvalue weighted by atomic mass is 32.2. The molecule has 0 radical (unpaired) electrons. The van der Waals surface area contributed by atoms with Gasteiger partial charge in [0.1, 0.15) is 0 Å². The third-order valence-electron chi connectivity index (χ3n) is 3.15. The van der Waals surface area contributed by atoms with Gasteiger partial charge in [-0.25, -0.2) is 13.6 Å². The second-order valence-corrected chi connectivity index (χ2v) is 6.02. The molecule has 0 saturated carbocycles. The molecule has 6 heteroatoms. The molecule has 0 spiro atoms. The molecule has 1 amide bonds. The van der Waals surface area contributed by atoms with Crippen molar-refractivity contribution in [2.75, 3.05) is 6.54 Å². The molecular weight excluding hydrogens is 264 g/mol. The molecule has 1 aromatic rings. The predicted molar refractivity (Wildman–Crippen MR) is 74.2 cm³/mol. The molecule has 0 saturated heterocycles. The number of hydrogen-bond donors (Lipinski definition) is 2. The van der Waals surface area contributed by atoms with Gasteiger partial charge in [0.05, 0.1) is 4.90 Å². The van der Waals surface area contributed by atoms with Crippen LogP contribution in [-0.4, -0.2) is 20.9 Å². The summed E-state index contributed by atoms with van der Waals surface area (Å²) in [6.07, 6.45) is 2.03. The zero-order chi connectivity index (χ0) is 14.5. The summed E-state index contributed by atoms with van der Waals surface area (Å²) < 4.78 is 22.2. The maximum absolute atomic E-state index is 11.9. The fourth-order valence-corrected chi connectivity index (χ4v) is 2.23. The first kappa shape index (κ1) is 15.7. The maximum atomic E-state index is 11.9. The standard InChI is InChI=1S/C13H20N2O3S/c1-3-10(4-2)9-15-13(16)11-5-7-12(8-6-11)19(14,17)18/h5-8,10H,3-4,9H2,1-2H3,(H,15,16)(H2,14,17,18). The normalized spacial score (nSPS) is 11.6. The summed E-state index contributed by atoms with van der Waals surface area (Å²) in [5, 5.41) is 7.83. The summed E-state index contributed by atoms with van der Waals surface area (Å²) >= 11 is 0. The maximum Gasteiger partial charge on any atom is 0.251 e. The van der Waals surface area contributed by atoms with Crippen LogP contribution in [0.4, 0.5) is 0 Å². The molecule has 0 aliphatic carbocycles. The van der Waals surface area contributed by atoms with E-state index in [1.54, 1.807) is 0 Å². The van der Waals surface area contributed by atoms with Crippen molar-refractivity contribution in [2.45, 2.75) is 31.6 Å². The Morgan fingerprint density at radius 2 is 1.74 bits per heavy atom. The minimum absolute atomic E-state index is 0.00374. The lowest BCUT2D eigenvalue weighted by Crippen LogP contribution is -2.28. The summed E-state index contributed by atoms with van der Waals surface area (Å²) in [6, 6.07) is 5.59. The lowest BCUT2D eigenvalue weighted by atomic mass is 10.0. The molecular formula is C13H20N2O3S. The monoisotopic (exact) mass is 284 g/mol. The van der Waals surface area contributed by atoms with Crippen LogP contribution in [0.1, 0.15) is 37.0 Å². The summed E-state index contributed by atoms with van der Waals surface area (Å²) in [5.41, 5.74) is 0.429. The second-order valence-electron chi connectivity index (χ2n) is 4.46. The van der Waals surface area contributed by atoms with Crippen LogP contribution in [-0.2, 0) is 10.0 Å². The van der Waals surface area contributed by atoms with E-state index in [0.29, 0.717) is 18.0 Å². The number of nitrogens with two attached hydrogens (primary N) is 1. The van der Waals surface area contributed by atoms with E-state index >= 15 is 0 Å². The van der Waals surface area contributed by atoms with Gasteiger partial charge >= 0.3 is 0 Å². The third-order valence-corrected chi connectivity index (χ3v) is 4.08. The third kappa shape index (κ3) is 4.65. The van der Waals surface area contributed by atoms with Crippen LogP contribution < -0.4 is 10.5 Å². The molecule has 19 heavy (non-hydrogen) atoms. The molecule has 0 unspecified atom stereocenters. The fourth-order valence-electron chi connectivity index (χ4n) is 1.71. The van der Waals surface area contributed by atoms with Gasteiger partial charge < -0.3 is 5.32 Å². The Morgan fingerprint density at radius 1 is 1.21 bits per heavy atom. The van der Waals surface area contributed by atoms with E-state index in [9.17, 15) is 13.2 Å². The smallest absolute Gasteiger partial charge is 0.251 e. The van der Waals surface area contributed by atoms with Crippen molar-refractivity contribution in [3.8, 4) is 0 Å². The van der Waals surface area contributed by atoms with E-state index in [1.165, 1.54) is 24.3 Å². The minimum Gasteiger partial charge on any atom is -0.352 e. The predicted octanol–water partition coefficient (Wildman–Crippen LogP) is 1.50. The first-order valence-electron chi connectivity index (χ1n) is 6.29. The van der Waals surface area contributed by atoms with E-state index in [4.69, 9.17) is 5.14 Å². The van der Waals surface area contributed by atoms with Gasteiger partial charge in [0.2, 0.25) is 10.0 Å². The Balaban J connectivity index is 2.68. The lowest BCUT2D eigenvalue weighted by Gasteiger charge is -2.13. The topological polar surface area (TPSA) is 89.3 Å². The summed E-state index contributed by atoms with van der Waals surface area (Å²) in [5.74, 6) is 0.264.